The summed E-state index contributed by atoms with van der Waals surface area (Å²) in [6.07, 6.45) is 0. The minimum Gasteiger partial charge on any atom is -0.451 e. The average Bonchev–Trinajstić information content (AvgIpc) is 2.59. The molecule has 0 fully saturated rings. The van der Waals surface area contributed by atoms with E-state index in [2.05, 4.69) is 10.3 Å². The number of ether oxygens (including phenoxy) is 1. The second-order valence-corrected chi connectivity index (χ2v) is 7.36. The molecule has 0 saturated heterocycles. The van der Waals surface area contributed by atoms with Crippen LogP contribution in [0.15, 0.2) is 41.3 Å². The summed E-state index contributed by atoms with van der Waals surface area (Å²) in [5, 5.41) is 7.62. The van der Waals surface area contributed by atoms with Crippen LogP contribution in [0.4, 0.5) is 0 Å². The number of hydrogen-bond acceptors (Lipinski definition) is 6. The zero-order valence-electron chi connectivity index (χ0n) is 13.1. The van der Waals surface area contributed by atoms with Gasteiger partial charge in [-0.25, -0.2) is 23.3 Å². The first-order valence-corrected chi connectivity index (χ1v) is 9.34. The van der Waals surface area contributed by atoms with Crippen molar-refractivity contribution in [3.63, 3.8) is 0 Å². The van der Waals surface area contributed by atoms with Gasteiger partial charge in [0.1, 0.15) is 5.15 Å². The van der Waals surface area contributed by atoms with E-state index in [1.807, 2.05) is 0 Å². The highest BCUT2D eigenvalue weighted by Crippen LogP contribution is 2.17. The number of carbonyl (C=O) groups is 2. The van der Waals surface area contributed by atoms with Gasteiger partial charge in [-0.05, 0) is 29.8 Å². The number of esters is 1. The van der Waals surface area contributed by atoms with Crippen molar-refractivity contribution in [2.45, 2.75) is 11.4 Å². The first-order chi connectivity index (χ1) is 12.2. The molecule has 0 atom stereocenters. The second-order valence-electron chi connectivity index (χ2n) is 5.01. The highest BCUT2D eigenvalue weighted by Gasteiger charge is 2.16. The molecular formula is C15H13Cl2N3O5S. The van der Waals surface area contributed by atoms with Gasteiger partial charge in [0.2, 0.25) is 10.0 Å². The maximum atomic E-state index is 11.9. The highest BCUT2D eigenvalue weighted by molar-refractivity contribution is 7.89. The van der Waals surface area contributed by atoms with Crippen molar-refractivity contribution in [1.29, 1.82) is 0 Å². The number of pyridine rings is 1. The van der Waals surface area contributed by atoms with Crippen molar-refractivity contribution in [3.8, 4) is 0 Å². The zero-order valence-corrected chi connectivity index (χ0v) is 15.4. The molecule has 0 unspecified atom stereocenters. The summed E-state index contributed by atoms with van der Waals surface area (Å²) in [6, 6.07) is 8.45. The van der Waals surface area contributed by atoms with Gasteiger partial charge >= 0.3 is 5.97 Å². The summed E-state index contributed by atoms with van der Waals surface area (Å²) in [7, 11) is -3.77. The van der Waals surface area contributed by atoms with Crippen LogP contribution in [-0.4, -0.2) is 31.9 Å². The molecule has 8 nitrogen and oxygen atoms in total. The Morgan fingerprint density at radius 1 is 1.12 bits per heavy atom. The van der Waals surface area contributed by atoms with Gasteiger partial charge in [-0.15, -0.1) is 0 Å². The SMILES string of the molecule is NS(=O)(=O)c1ccc(CNC(=O)COC(=O)c2nc(Cl)ccc2Cl)cc1. The number of sulfonamides is 1. The minimum absolute atomic E-state index is 0.0348. The smallest absolute Gasteiger partial charge is 0.359 e. The van der Waals surface area contributed by atoms with Gasteiger partial charge in [-0.3, -0.25) is 4.79 Å². The first kappa shape index (κ1) is 20.1. The molecule has 0 aliphatic heterocycles. The van der Waals surface area contributed by atoms with Crippen LogP contribution in [0.1, 0.15) is 16.1 Å². The van der Waals surface area contributed by atoms with Gasteiger partial charge in [0.05, 0.1) is 9.92 Å². The largest absolute Gasteiger partial charge is 0.451 e. The van der Waals surface area contributed by atoms with Crippen molar-refractivity contribution < 1.29 is 22.7 Å². The van der Waals surface area contributed by atoms with Gasteiger partial charge in [-0.2, -0.15) is 0 Å². The Morgan fingerprint density at radius 2 is 1.77 bits per heavy atom. The maximum absolute atomic E-state index is 11.9. The number of halogens is 2. The third-order valence-corrected chi connectivity index (χ3v) is 4.53. The maximum Gasteiger partial charge on any atom is 0.359 e. The molecule has 26 heavy (non-hydrogen) atoms. The molecule has 1 heterocycles. The predicted octanol–water partition coefficient (Wildman–Crippen LogP) is 1.51. The number of carbonyl (C=O) groups excluding carboxylic acids is 2. The molecule has 0 aliphatic rings. The zero-order chi connectivity index (χ0) is 19.3. The number of primary sulfonamides is 1. The van der Waals surface area contributed by atoms with E-state index in [1.165, 1.54) is 36.4 Å². The Bertz CT molecular complexity index is 933. The number of amides is 1. The van der Waals surface area contributed by atoms with Crippen molar-refractivity contribution in [1.82, 2.24) is 10.3 Å². The molecule has 138 valence electrons. The number of aromatic nitrogens is 1. The van der Waals surface area contributed by atoms with Gasteiger partial charge in [0, 0.05) is 6.54 Å². The van der Waals surface area contributed by atoms with Crippen molar-refractivity contribution in [3.05, 3.63) is 57.8 Å². The lowest BCUT2D eigenvalue weighted by Gasteiger charge is -2.08. The van der Waals surface area contributed by atoms with E-state index >= 15 is 0 Å². The van der Waals surface area contributed by atoms with Gasteiger partial charge in [-0.1, -0.05) is 35.3 Å². The molecule has 2 aromatic rings. The van der Waals surface area contributed by atoms with E-state index in [4.69, 9.17) is 33.1 Å². The summed E-state index contributed by atoms with van der Waals surface area (Å²) in [6.45, 7) is -0.434. The van der Waals surface area contributed by atoms with Crippen LogP contribution in [0.2, 0.25) is 10.2 Å². The lowest BCUT2D eigenvalue weighted by molar-refractivity contribution is -0.124. The normalized spacial score (nSPS) is 11.0. The molecule has 0 aliphatic carbocycles. The molecule has 1 aromatic carbocycles. The molecule has 11 heteroatoms. The lowest BCUT2D eigenvalue weighted by Crippen LogP contribution is -2.28. The van der Waals surface area contributed by atoms with E-state index in [0.717, 1.165) is 0 Å². The Morgan fingerprint density at radius 3 is 2.38 bits per heavy atom. The van der Waals surface area contributed by atoms with Crippen molar-refractivity contribution >= 4 is 45.1 Å². The van der Waals surface area contributed by atoms with E-state index in [1.54, 1.807) is 0 Å². The van der Waals surface area contributed by atoms with E-state index < -0.39 is 28.5 Å². The third-order valence-electron chi connectivity index (χ3n) is 3.08. The standard InChI is InChI=1S/C15H13Cl2N3O5S/c16-11-5-6-12(17)20-14(11)15(22)25-8-13(21)19-7-9-1-3-10(4-2-9)26(18,23)24/h1-6H,7-8H2,(H,19,21)(H2,18,23,24). The van der Waals surface area contributed by atoms with Crippen LogP contribution in [0.25, 0.3) is 0 Å². The highest BCUT2D eigenvalue weighted by atomic mass is 35.5. The second kappa shape index (κ2) is 8.45. The van der Waals surface area contributed by atoms with Crippen LogP contribution in [-0.2, 0) is 26.1 Å². The molecule has 0 bridgehead atoms. The molecule has 2 rings (SSSR count). The van der Waals surface area contributed by atoms with Crippen LogP contribution in [0.3, 0.4) is 0 Å². The van der Waals surface area contributed by atoms with Crippen molar-refractivity contribution in [2.24, 2.45) is 5.14 Å². The number of benzene rings is 1. The fourth-order valence-electron chi connectivity index (χ4n) is 1.81. The Balaban J connectivity index is 1.85. The van der Waals surface area contributed by atoms with Crippen LogP contribution in [0, 0.1) is 0 Å². The summed E-state index contributed by atoms with van der Waals surface area (Å²) >= 11 is 11.5. The monoisotopic (exact) mass is 417 g/mol. The summed E-state index contributed by atoms with van der Waals surface area (Å²) < 4.78 is 27.1. The predicted molar refractivity (Wildman–Crippen MR) is 94.2 cm³/mol. The first-order valence-electron chi connectivity index (χ1n) is 7.04. The fraction of sp³-hybridized carbons (Fsp3) is 0.133. The number of nitrogens with zero attached hydrogens (tertiary/aromatic N) is 1. The Labute approximate surface area is 159 Å². The quantitative estimate of drug-likeness (QED) is 0.541. The molecule has 0 spiro atoms. The minimum atomic E-state index is -3.77. The van der Waals surface area contributed by atoms with Gasteiger partial charge in [0.25, 0.3) is 5.91 Å². The van der Waals surface area contributed by atoms with Crippen LogP contribution < -0.4 is 10.5 Å². The third kappa shape index (κ3) is 5.67. The number of rotatable bonds is 6. The fourth-order valence-corrected chi connectivity index (χ4v) is 2.65. The van der Waals surface area contributed by atoms with E-state index in [0.29, 0.717) is 5.56 Å². The van der Waals surface area contributed by atoms with Gasteiger partial charge < -0.3 is 10.1 Å². The van der Waals surface area contributed by atoms with Crippen LogP contribution in [0.5, 0.6) is 0 Å². The summed E-state index contributed by atoms with van der Waals surface area (Å²) in [4.78, 5) is 27.3. The number of hydrogen-bond donors (Lipinski definition) is 2. The van der Waals surface area contributed by atoms with Gasteiger partial charge in [0.15, 0.2) is 12.3 Å². The Hall–Kier alpha value is -2.20. The molecule has 1 amide bonds. The molecular weight excluding hydrogens is 405 g/mol. The number of nitrogens with two attached hydrogens (primary N) is 1. The molecule has 0 radical (unpaired) electrons. The lowest BCUT2D eigenvalue weighted by atomic mass is 10.2. The average molecular weight is 418 g/mol. The van der Waals surface area contributed by atoms with Crippen LogP contribution >= 0.6 is 23.2 Å². The Kier molecular flexibility index (Phi) is 6.54. The number of nitrogens with one attached hydrogen (secondary N) is 1. The molecule has 1 aromatic heterocycles. The summed E-state index contributed by atoms with van der Waals surface area (Å²) in [5.74, 6) is -1.45. The topological polar surface area (TPSA) is 128 Å². The molecule has 3 N–H and O–H groups in total. The molecule has 0 saturated carbocycles. The summed E-state index contributed by atoms with van der Waals surface area (Å²) in [5.41, 5.74) is 0.446. The van der Waals surface area contributed by atoms with Crippen molar-refractivity contribution in [2.75, 3.05) is 6.61 Å². The van der Waals surface area contributed by atoms with E-state index in [9.17, 15) is 18.0 Å². The van der Waals surface area contributed by atoms with E-state index in [-0.39, 0.29) is 27.3 Å².